The first-order chi connectivity index (χ1) is 14.0. The van der Waals surface area contributed by atoms with E-state index in [4.69, 9.17) is 12.2 Å². The van der Waals surface area contributed by atoms with E-state index in [0.717, 1.165) is 31.6 Å². The lowest BCUT2D eigenvalue weighted by atomic mass is 9.99. The summed E-state index contributed by atoms with van der Waals surface area (Å²) < 4.78 is 1.72. The van der Waals surface area contributed by atoms with Gasteiger partial charge in [-0.15, -0.1) is 0 Å². The molecule has 1 amide bonds. The second-order valence-electron chi connectivity index (χ2n) is 7.53. The number of carbonyl (C=O) groups is 1. The van der Waals surface area contributed by atoms with Gasteiger partial charge in [0.15, 0.2) is 5.11 Å². The van der Waals surface area contributed by atoms with Crippen LogP contribution in [0.1, 0.15) is 62.1 Å². The third-order valence-corrected chi connectivity index (χ3v) is 5.71. The van der Waals surface area contributed by atoms with E-state index in [9.17, 15) is 9.59 Å². The van der Waals surface area contributed by atoms with Crippen LogP contribution in [0.5, 0.6) is 0 Å². The van der Waals surface area contributed by atoms with E-state index in [2.05, 4.69) is 35.0 Å². The molecule has 3 rings (SSSR count). The topological polar surface area (TPSA) is 88.0 Å². The highest BCUT2D eigenvalue weighted by molar-refractivity contribution is 7.80. The van der Waals surface area contributed by atoms with Crippen molar-refractivity contribution in [3.8, 4) is 0 Å². The van der Waals surface area contributed by atoms with E-state index >= 15 is 0 Å². The summed E-state index contributed by atoms with van der Waals surface area (Å²) in [4.78, 5) is 29.6. The van der Waals surface area contributed by atoms with Gasteiger partial charge in [-0.3, -0.25) is 25.0 Å². The molecule has 3 N–H and O–H groups in total. The molecule has 156 valence electrons. The molecule has 7 nitrogen and oxygen atoms in total. The average Bonchev–Trinajstić information content (AvgIpc) is 3.20. The molecule has 1 aliphatic heterocycles. The third kappa shape index (κ3) is 5.12. The summed E-state index contributed by atoms with van der Waals surface area (Å²) in [6.45, 7) is 5.86. The van der Waals surface area contributed by atoms with Gasteiger partial charge < -0.3 is 5.32 Å². The van der Waals surface area contributed by atoms with E-state index in [1.807, 2.05) is 0 Å². The Balaban J connectivity index is 1.58. The monoisotopic (exact) mass is 415 g/mol. The molecule has 1 atom stereocenters. The van der Waals surface area contributed by atoms with Gasteiger partial charge in [0.05, 0.1) is 10.9 Å². The van der Waals surface area contributed by atoms with Crippen LogP contribution < -0.4 is 21.7 Å². The number of benzene rings is 1. The molecule has 8 heteroatoms. The Morgan fingerprint density at radius 3 is 2.90 bits per heavy atom. The van der Waals surface area contributed by atoms with Crippen LogP contribution in [-0.2, 0) is 13.0 Å². The molecule has 0 saturated carbocycles. The summed E-state index contributed by atoms with van der Waals surface area (Å²) in [6, 6.07) is 4.96. The first kappa shape index (κ1) is 21.2. The number of fused-ring (bicyclic) bond motifs is 2. The van der Waals surface area contributed by atoms with Gasteiger partial charge in [0.25, 0.3) is 11.5 Å². The van der Waals surface area contributed by atoms with Gasteiger partial charge in [-0.2, -0.15) is 0 Å². The van der Waals surface area contributed by atoms with Gasteiger partial charge in [-0.05, 0) is 49.2 Å². The summed E-state index contributed by atoms with van der Waals surface area (Å²) in [6.07, 6.45) is 6.38. The summed E-state index contributed by atoms with van der Waals surface area (Å²) in [5.41, 5.74) is 6.31. The average molecular weight is 416 g/mol. The summed E-state index contributed by atoms with van der Waals surface area (Å²) in [5, 5.41) is 4.09. The quantitative estimate of drug-likeness (QED) is 0.476. The fourth-order valence-electron chi connectivity index (χ4n) is 3.64. The van der Waals surface area contributed by atoms with Crippen LogP contribution in [-0.4, -0.2) is 27.1 Å². The lowest BCUT2D eigenvalue weighted by molar-refractivity contribution is 0.0943. The fourth-order valence-corrected chi connectivity index (χ4v) is 3.77. The predicted octanol–water partition coefficient (Wildman–Crippen LogP) is 2.67. The van der Waals surface area contributed by atoms with Crippen molar-refractivity contribution in [2.24, 2.45) is 5.92 Å². The molecule has 2 heterocycles. The first-order valence-corrected chi connectivity index (χ1v) is 10.8. The molecule has 0 saturated heterocycles. The molecular formula is C21H29N5O2S. The SMILES string of the molecule is CCCC[C@@H](CC)CNC(=S)NNC(=O)c1ccc2c(=O)n3c(nc2c1)CCC3. The maximum absolute atomic E-state index is 12.5. The normalized spacial score (nSPS) is 13.7. The van der Waals surface area contributed by atoms with Crippen molar-refractivity contribution in [3.63, 3.8) is 0 Å². The minimum absolute atomic E-state index is 0.0356. The first-order valence-electron chi connectivity index (χ1n) is 10.4. The number of nitrogens with one attached hydrogen (secondary N) is 3. The van der Waals surface area contributed by atoms with Crippen molar-refractivity contribution < 1.29 is 4.79 Å². The number of hydrogen-bond donors (Lipinski definition) is 3. The second kappa shape index (κ2) is 9.82. The summed E-state index contributed by atoms with van der Waals surface area (Å²) in [7, 11) is 0. The molecule has 0 spiro atoms. The Hall–Kier alpha value is -2.48. The number of rotatable bonds is 7. The number of aromatic nitrogens is 2. The lowest BCUT2D eigenvalue weighted by Crippen LogP contribution is -2.47. The van der Waals surface area contributed by atoms with Crippen LogP contribution >= 0.6 is 12.2 Å². The second-order valence-corrected chi connectivity index (χ2v) is 7.93. The molecule has 0 bridgehead atoms. The van der Waals surface area contributed by atoms with E-state index in [0.29, 0.717) is 34.0 Å². The van der Waals surface area contributed by atoms with Gasteiger partial charge in [0.2, 0.25) is 0 Å². The van der Waals surface area contributed by atoms with Gasteiger partial charge in [-0.1, -0.05) is 33.1 Å². The summed E-state index contributed by atoms with van der Waals surface area (Å²) in [5.74, 6) is 1.03. The van der Waals surface area contributed by atoms with Crippen molar-refractivity contribution >= 4 is 34.1 Å². The zero-order valence-electron chi connectivity index (χ0n) is 17.1. The highest BCUT2D eigenvalue weighted by Crippen LogP contribution is 2.16. The van der Waals surface area contributed by atoms with Gasteiger partial charge >= 0.3 is 0 Å². The van der Waals surface area contributed by atoms with E-state index < -0.39 is 0 Å². The Kier molecular flexibility index (Phi) is 7.19. The number of unbranched alkanes of at least 4 members (excludes halogenated alkanes) is 1. The maximum atomic E-state index is 12.5. The highest BCUT2D eigenvalue weighted by Gasteiger charge is 2.17. The Morgan fingerprint density at radius 2 is 2.14 bits per heavy atom. The Morgan fingerprint density at radius 1 is 1.31 bits per heavy atom. The number of hydrogen-bond acceptors (Lipinski definition) is 4. The molecule has 0 aliphatic carbocycles. The molecule has 0 fully saturated rings. The number of aryl methyl sites for hydroxylation is 1. The molecule has 29 heavy (non-hydrogen) atoms. The minimum atomic E-state index is -0.323. The molecule has 1 aromatic carbocycles. The maximum Gasteiger partial charge on any atom is 0.269 e. The van der Waals surface area contributed by atoms with E-state index in [1.165, 1.54) is 19.3 Å². The standard InChI is InChI=1S/C21H29N5O2S/c1-3-5-7-14(4-2)13-22-21(29)25-24-19(27)15-9-10-16-17(12-15)23-18-8-6-11-26(18)20(16)28/h9-10,12,14H,3-8,11,13H2,1-2H3,(H,24,27)(H2,22,25,29)/t14-/m1/s1. The fraction of sp³-hybridized carbons (Fsp3) is 0.524. The minimum Gasteiger partial charge on any atom is -0.361 e. The third-order valence-electron chi connectivity index (χ3n) is 5.46. The zero-order valence-corrected chi connectivity index (χ0v) is 17.9. The van der Waals surface area contributed by atoms with E-state index in [1.54, 1.807) is 22.8 Å². The summed E-state index contributed by atoms with van der Waals surface area (Å²) >= 11 is 5.26. The van der Waals surface area contributed by atoms with Crippen LogP contribution in [0, 0.1) is 5.92 Å². The zero-order chi connectivity index (χ0) is 20.8. The largest absolute Gasteiger partial charge is 0.361 e. The number of amides is 1. The Bertz CT molecular complexity index is 956. The molecular weight excluding hydrogens is 386 g/mol. The predicted molar refractivity (Wildman–Crippen MR) is 119 cm³/mol. The van der Waals surface area contributed by atoms with Crippen molar-refractivity contribution in [2.75, 3.05) is 6.54 Å². The van der Waals surface area contributed by atoms with Crippen molar-refractivity contribution in [3.05, 3.63) is 39.9 Å². The molecule has 0 radical (unpaired) electrons. The molecule has 0 unspecified atom stereocenters. The molecule has 2 aromatic rings. The highest BCUT2D eigenvalue weighted by atomic mass is 32.1. The lowest BCUT2D eigenvalue weighted by Gasteiger charge is -2.17. The van der Waals surface area contributed by atoms with Gasteiger partial charge in [0.1, 0.15) is 5.82 Å². The smallest absolute Gasteiger partial charge is 0.269 e. The van der Waals surface area contributed by atoms with Crippen molar-refractivity contribution in [2.45, 2.75) is 58.9 Å². The van der Waals surface area contributed by atoms with Crippen LogP contribution in [0.25, 0.3) is 10.9 Å². The number of nitrogens with zero attached hydrogens (tertiary/aromatic N) is 2. The Labute approximate surface area is 176 Å². The van der Waals surface area contributed by atoms with Gasteiger partial charge in [-0.25, -0.2) is 4.98 Å². The van der Waals surface area contributed by atoms with Crippen molar-refractivity contribution in [1.29, 1.82) is 0 Å². The van der Waals surface area contributed by atoms with E-state index in [-0.39, 0.29) is 11.5 Å². The van der Waals surface area contributed by atoms with Crippen molar-refractivity contribution in [1.82, 2.24) is 25.7 Å². The number of carbonyl (C=O) groups excluding carboxylic acids is 1. The molecule has 1 aromatic heterocycles. The van der Waals surface area contributed by atoms with Crippen LogP contribution in [0.15, 0.2) is 23.0 Å². The van der Waals surface area contributed by atoms with Crippen LogP contribution in [0.4, 0.5) is 0 Å². The number of thiocarbonyl (C=S) groups is 1. The van der Waals surface area contributed by atoms with Crippen LogP contribution in [0.2, 0.25) is 0 Å². The van der Waals surface area contributed by atoms with Gasteiger partial charge in [0, 0.05) is 25.1 Å². The number of hydrazine groups is 1. The van der Waals surface area contributed by atoms with Crippen LogP contribution in [0.3, 0.4) is 0 Å². The molecule has 1 aliphatic rings.